The van der Waals surface area contributed by atoms with Gasteiger partial charge in [0.2, 0.25) is 0 Å². The third-order valence-electron chi connectivity index (χ3n) is 3.00. The van der Waals surface area contributed by atoms with Crippen LogP contribution in [0.5, 0.6) is 0 Å². The molecule has 1 unspecified atom stereocenters. The summed E-state index contributed by atoms with van der Waals surface area (Å²) >= 11 is 0. The first kappa shape index (κ1) is 14.3. The average Bonchev–Trinajstić information content (AvgIpc) is 2.46. The number of ether oxygens (including phenoxy) is 1. The zero-order valence-corrected chi connectivity index (χ0v) is 11.8. The number of amides is 1. The molecule has 0 saturated carbocycles. The molecule has 0 radical (unpaired) electrons. The summed E-state index contributed by atoms with van der Waals surface area (Å²) in [7, 11) is 0. The second kappa shape index (κ2) is 6.87. The molecular formula is C17H19NO2. The van der Waals surface area contributed by atoms with Gasteiger partial charge in [0.25, 0.3) is 5.91 Å². The molecule has 1 atom stereocenters. The van der Waals surface area contributed by atoms with E-state index in [0.29, 0.717) is 6.61 Å². The zero-order chi connectivity index (χ0) is 14.4. The van der Waals surface area contributed by atoms with Gasteiger partial charge in [-0.1, -0.05) is 42.5 Å². The maximum absolute atomic E-state index is 12.0. The summed E-state index contributed by atoms with van der Waals surface area (Å²) in [5.41, 5.74) is 2.97. The number of anilines is 1. The number of rotatable bonds is 5. The molecule has 2 rings (SSSR count). The molecule has 0 spiro atoms. The van der Waals surface area contributed by atoms with E-state index in [1.54, 1.807) is 6.92 Å². The third kappa shape index (κ3) is 4.21. The van der Waals surface area contributed by atoms with Crippen LogP contribution in [0.2, 0.25) is 0 Å². The van der Waals surface area contributed by atoms with Gasteiger partial charge in [-0.3, -0.25) is 4.79 Å². The van der Waals surface area contributed by atoms with E-state index in [1.807, 2.05) is 61.5 Å². The van der Waals surface area contributed by atoms with E-state index in [-0.39, 0.29) is 5.91 Å². The van der Waals surface area contributed by atoms with Crippen molar-refractivity contribution >= 4 is 11.6 Å². The van der Waals surface area contributed by atoms with Crippen LogP contribution in [-0.2, 0) is 16.1 Å². The van der Waals surface area contributed by atoms with Crippen LogP contribution < -0.4 is 5.32 Å². The molecule has 20 heavy (non-hydrogen) atoms. The van der Waals surface area contributed by atoms with Gasteiger partial charge in [0.05, 0.1) is 6.61 Å². The van der Waals surface area contributed by atoms with Crippen LogP contribution in [0.25, 0.3) is 0 Å². The molecule has 3 nitrogen and oxygen atoms in total. The lowest BCUT2D eigenvalue weighted by molar-refractivity contribution is -0.127. The van der Waals surface area contributed by atoms with Gasteiger partial charge in [0, 0.05) is 5.69 Å². The topological polar surface area (TPSA) is 38.3 Å². The minimum absolute atomic E-state index is 0.133. The van der Waals surface area contributed by atoms with Crippen LogP contribution >= 0.6 is 0 Å². The standard InChI is InChI=1S/C17H19NO2/c1-13-7-6-10-16(11-13)18-17(19)14(2)20-12-15-8-4-3-5-9-15/h3-11,14H,12H2,1-2H3,(H,18,19). The van der Waals surface area contributed by atoms with Crippen LogP contribution in [0.1, 0.15) is 18.1 Å². The van der Waals surface area contributed by atoms with Crippen molar-refractivity contribution < 1.29 is 9.53 Å². The van der Waals surface area contributed by atoms with Crippen LogP contribution in [0.15, 0.2) is 54.6 Å². The first-order chi connectivity index (χ1) is 9.65. The van der Waals surface area contributed by atoms with Gasteiger partial charge in [-0.05, 0) is 37.1 Å². The number of carbonyl (C=O) groups is 1. The quantitative estimate of drug-likeness (QED) is 0.901. The van der Waals surface area contributed by atoms with Gasteiger partial charge in [0.15, 0.2) is 0 Å². The highest BCUT2D eigenvalue weighted by atomic mass is 16.5. The summed E-state index contributed by atoms with van der Waals surface area (Å²) in [6.07, 6.45) is -0.490. The summed E-state index contributed by atoms with van der Waals surface area (Å²) in [6, 6.07) is 17.5. The molecule has 1 amide bonds. The van der Waals surface area contributed by atoms with Crippen molar-refractivity contribution in [2.24, 2.45) is 0 Å². The Morgan fingerprint density at radius 2 is 1.90 bits per heavy atom. The number of carbonyl (C=O) groups excluding carboxylic acids is 1. The van der Waals surface area contributed by atoms with E-state index in [0.717, 1.165) is 16.8 Å². The van der Waals surface area contributed by atoms with Crippen molar-refractivity contribution in [3.8, 4) is 0 Å². The van der Waals surface area contributed by atoms with Crippen LogP contribution in [0.4, 0.5) is 5.69 Å². The highest BCUT2D eigenvalue weighted by Crippen LogP contribution is 2.11. The minimum Gasteiger partial charge on any atom is -0.364 e. The molecule has 0 saturated heterocycles. The smallest absolute Gasteiger partial charge is 0.253 e. The number of aryl methyl sites for hydroxylation is 1. The van der Waals surface area contributed by atoms with Crippen LogP contribution in [0, 0.1) is 6.92 Å². The lowest BCUT2D eigenvalue weighted by Crippen LogP contribution is -2.27. The second-order valence-electron chi connectivity index (χ2n) is 4.80. The first-order valence-electron chi connectivity index (χ1n) is 6.68. The Bertz CT molecular complexity index is 566. The summed E-state index contributed by atoms with van der Waals surface area (Å²) in [5, 5.41) is 2.85. The van der Waals surface area contributed by atoms with Crippen LogP contribution in [-0.4, -0.2) is 12.0 Å². The lowest BCUT2D eigenvalue weighted by atomic mass is 10.2. The number of nitrogens with one attached hydrogen (secondary N) is 1. The fourth-order valence-corrected chi connectivity index (χ4v) is 1.84. The molecule has 1 N–H and O–H groups in total. The monoisotopic (exact) mass is 269 g/mol. The van der Waals surface area contributed by atoms with Gasteiger partial charge in [-0.2, -0.15) is 0 Å². The molecule has 0 aliphatic carbocycles. The Labute approximate surface area is 119 Å². The Kier molecular flexibility index (Phi) is 4.91. The largest absolute Gasteiger partial charge is 0.364 e. The fraction of sp³-hybridized carbons (Fsp3) is 0.235. The summed E-state index contributed by atoms with van der Waals surface area (Å²) < 4.78 is 5.58. The van der Waals surface area contributed by atoms with Gasteiger partial charge < -0.3 is 10.1 Å². The number of hydrogen-bond acceptors (Lipinski definition) is 2. The average molecular weight is 269 g/mol. The molecule has 104 valence electrons. The SMILES string of the molecule is Cc1cccc(NC(=O)C(C)OCc2ccccc2)c1. The normalized spacial score (nSPS) is 11.9. The molecule has 0 aliphatic rings. The summed E-state index contributed by atoms with van der Waals surface area (Å²) in [6.45, 7) is 4.18. The molecule has 3 heteroatoms. The van der Waals surface area contributed by atoms with E-state index in [1.165, 1.54) is 0 Å². The highest BCUT2D eigenvalue weighted by Gasteiger charge is 2.13. The van der Waals surface area contributed by atoms with E-state index in [4.69, 9.17) is 4.74 Å². The van der Waals surface area contributed by atoms with Crippen molar-refractivity contribution in [3.63, 3.8) is 0 Å². The molecule has 0 heterocycles. The van der Waals surface area contributed by atoms with Crippen LogP contribution in [0.3, 0.4) is 0 Å². The van der Waals surface area contributed by atoms with Crippen molar-refractivity contribution in [2.45, 2.75) is 26.6 Å². The molecular weight excluding hydrogens is 250 g/mol. The lowest BCUT2D eigenvalue weighted by Gasteiger charge is -2.13. The summed E-state index contributed by atoms with van der Waals surface area (Å²) in [4.78, 5) is 12.0. The fourth-order valence-electron chi connectivity index (χ4n) is 1.84. The molecule has 0 aliphatic heterocycles. The van der Waals surface area contributed by atoms with Crippen molar-refractivity contribution in [1.82, 2.24) is 0 Å². The number of hydrogen-bond donors (Lipinski definition) is 1. The predicted molar refractivity (Wildman–Crippen MR) is 80.5 cm³/mol. The Balaban J connectivity index is 1.86. The number of benzene rings is 2. The molecule has 2 aromatic carbocycles. The predicted octanol–water partition coefficient (Wildman–Crippen LogP) is 3.54. The highest BCUT2D eigenvalue weighted by molar-refractivity contribution is 5.93. The van der Waals surface area contributed by atoms with Gasteiger partial charge >= 0.3 is 0 Å². The van der Waals surface area contributed by atoms with Crippen molar-refractivity contribution in [2.75, 3.05) is 5.32 Å². The first-order valence-corrected chi connectivity index (χ1v) is 6.68. The third-order valence-corrected chi connectivity index (χ3v) is 3.00. The van der Waals surface area contributed by atoms with E-state index in [9.17, 15) is 4.79 Å². The van der Waals surface area contributed by atoms with Crippen molar-refractivity contribution in [3.05, 3.63) is 65.7 Å². The van der Waals surface area contributed by atoms with Gasteiger partial charge in [-0.15, -0.1) is 0 Å². The van der Waals surface area contributed by atoms with Gasteiger partial charge in [-0.25, -0.2) is 0 Å². The summed E-state index contributed by atoms with van der Waals surface area (Å²) in [5.74, 6) is -0.133. The second-order valence-corrected chi connectivity index (χ2v) is 4.80. The van der Waals surface area contributed by atoms with E-state index < -0.39 is 6.10 Å². The Morgan fingerprint density at radius 1 is 1.15 bits per heavy atom. The zero-order valence-electron chi connectivity index (χ0n) is 11.8. The maximum atomic E-state index is 12.0. The van der Waals surface area contributed by atoms with Crippen molar-refractivity contribution in [1.29, 1.82) is 0 Å². The molecule has 2 aromatic rings. The molecule has 0 fully saturated rings. The van der Waals surface area contributed by atoms with Gasteiger partial charge in [0.1, 0.15) is 6.10 Å². The minimum atomic E-state index is -0.490. The Morgan fingerprint density at radius 3 is 2.60 bits per heavy atom. The van der Waals surface area contributed by atoms with E-state index >= 15 is 0 Å². The Hall–Kier alpha value is -2.13. The molecule has 0 aromatic heterocycles. The van der Waals surface area contributed by atoms with E-state index in [2.05, 4.69) is 5.32 Å². The maximum Gasteiger partial charge on any atom is 0.253 e. The molecule has 0 bridgehead atoms.